The van der Waals surface area contributed by atoms with Crippen LogP contribution < -0.4 is 4.90 Å². The Bertz CT molecular complexity index is 1090. The SMILES string of the molecule is CCc1ccc(/C=C2\C(=O)N(c3ccccc3C)C(=O)c3ccccc32)cc1. The third-order valence-corrected chi connectivity index (χ3v) is 5.14. The average molecular weight is 367 g/mol. The molecule has 0 aromatic heterocycles. The van der Waals surface area contributed by atoms with Crippen LogP contribution in [0.1, 0.15) is 39.5 Å². The molecule has 0 bridgehead atoms. The predicted molar refractivity (Wildman–Crippen MR) is 113 cm³/mol. The average Bonchev–Trinajstić information content (AvgIpc) is 2.73. The first-order valence-electron chi connectivity index (χ1n) is 9.44. The van der Waals surface area contributed by atoms with E-state index in [-0.39, 0.29) is 11.8 Å². The summed E-state index contributed by atoms with van der Waals surface area (Å²) >= 11 is 0. The summed E-state index contributed by atoms with van der Waals surface area (Å²) in [7, 11) is 0. The summed E-state index contributed by atoms with van der Waals surface area (Å²) in [5.41, 5.74) is 5.45. The largest absolute Gasteiger partial charge is 0.268 e. The Morgan fingerprint density at radius 3 is 2.11 bits per heavy atom. The normalized spacial score (nSPS) is 15.1. The lowest BCUT2D eigenvalue weighted by Gasteiger charge is -2.29. The molecule has 0 N–H and O–H groups in total. The zero-order chi connectivity index (χ0) is 19.7. The van der Waals surface area contributed by atoms with E-state index in [1.807, 2.05) is 67.6 Å². The van der Waals surface area contributed by atoms with Crippen LogP contribution in [0.25, 0.3) is 11.6 Å². The molecule has 3 aromatic rings. The van der Waals surface area contributed by atoms with Crippen molar-refractivity contribution in [1.29, 1.82) is 0 Å². The quantitative estimate of drug-likeness (QED) is 0.466. The third-order valence-electron chi connectivity index (χ3n) is 5.14. The molecule has 0 saturated heterocycles. The van der Waals surface area contributed by atoms with Crippen molar-refractivity contribution in [3.05, 3.63) is 101 Å². The van der Waals surface area contributed by atoms with Crippen LogP contribution in [0.5, 0.6) is 0 Å². The summed E-state index contributed by atoms with van der Waals surface area (Å²) in [4.78, 5) is 27.9. The van der Waals surface area contributed by atoms with E-state index in [4.69, 9.17) is 0 Å². The van der Waals surface area contributed by atoms with Gasteiger partial charge >= 0.3 is 0 Å². The number of carbonyl (C=O) groups excluding carboxylic acids is 2. The first-order chi connectivity index (χ1) is 13.6. The van der Waals surface area contributed by atoms with E-state index in [1.54, 1.807) is 6.07 Å². The van der Waals surface area contributed by atoms with Gasteiger partial charge in [-0.3, -0.25) is 9.59 Å². The fourth-order valence-electron chi connectivity index (χ4n) is 3.54. The second-order valence-electron chi connectivity index (χ2n) is 6.93. The molecule has 0 radical (unpaired) electrons. The van der Waals surface area contributed by atoms with Gasteiger partial charge < -0.3 is 0 Å². The molecule has 0 unspecified atom stereocenters. The minimum absolute atomic E-state index is 0.284. The van der Waals surface area contributed by atoms with Gasteiger partial charge in [0.1, 0.15) is 0 Å². The van der Waals surface area contributed by atoms with Crippen LogP contribution in [0, 0.1) is 6.92 Å². The predicted octanol–water partition coefficient (Wildman–Crippen LogP) is 5.29. The number of anilines is 1. The van der Waals surface area contributed by atoms with Gasteiger partial charge in [0.15, 0.2) is 0 Å². The van der Waals surface area contributed by atoms with Crippen LogP contribution in [-0.4, -0.2) is 11.8 Å². The Kier molecular flexibility index (Phi) is 4.66. The summed E-state index contributed by atoms with van der Waals surface area (Å²) in [6, 6.07) is 22.9. The van der Waals surface area contributed by atoms with Crippen molar-refractivity contribution in [2.45, 2.75) is 20.3 Å². The van der Waals surface area contributed by atoms with Gasteiger partial charge in [-0.2, -0.15) is 0 Å². The van der Waals surface area contributed by atoms with E-state index >= 15 is 0 Å². The summed E-state index contributed by atoms with van der Waals surface area (Å²) < 4.78 is 0. The van der Waals surface area contributed by atoms with Crippen LogP contribution >= 0.6 is 0 Å². The summed E-state index contributed by atoms with van der Waals surface area (Å²) in [6.07, 6.45) is 2.84. The van der Waals surface area contributed by atoms with Crippen molar-refractivity contribution in [3.8, 4) is 0 Å². The van der Waals surface area contributed by atoms with Crippen molar-refractivity contribution in [2.75, 3.05) is 4.90 Å². The summed E-state index contributed by atoms with van der Waals surface area (Å²) in [5.74, 6) is -0.578. The highest BCUT2D eigenvalue weighted by molar-refractivity contribution is 6.43. The Hall–Kier alpha value is -3.46. The first kappa shape index (κ1) is 17.9. The maximum Gasteiger partial charge on any atom is 0.265 e. The van der Waals surface area contributed by atoms with Gasteiger partial charge in [0.25, 0.3) is 11.8 Å². The van der Waals surface area contributed by atoms with Crippen molar-refractivity contribution < 1.29 is 9.59 Å². The highest BCUT2D eigenvalue weighted by Crippen LogP contribution is 2.34. The number of carbonyl (C=O) groups is 2. The molecular formula is C25H21NO2. The second kappa shape index (κ2) is 7.28. The minimum Gasteiger partial charge on any atom is -0.268 e. The Morgan fingerprint density at radius 2 is 1.43 bits per heavy atom. The van der Waals surface area contributed by atoms with E-state index in [2.05, 4.69) is 19.1 Å². The van der Waals surface area contributed by atoms with Crippen molar-refractivity contribution in [1.82, 2.24) is 0 Å². The molecule has 0 atom stereocenters. The van der Waals surface area contributed by atoms with Crippen LogP contribution in [0.2, 0.25) is 0 Å². The highest BCUT2D eigenvalue weighted by atomic mass is 16.2. The lowest BCUT2D eigenvalue weighted by Crippen LogP contribution is -2.42. The number of nitrogens with zero attached hydrogens (tertiary/aromatic N) is 1. The zero-order valence-electron chi connectivity index (χ0n) is 16.0. The molecule has 2 amide bonds. The topological polar surface area (TPSA) is 37.4 Å². The van der Waals surface area contributed by atoms with Crippen molar-refractivity contribution in [3.63, 3.8) is 0 Å². The first-order valence-corrected chi connectivity index (χ1v) is 9.44. The maximum atomic E-state index is 13.4. The molecule has 3 heteroatoms. The van der Waals surface area contributed by atoms with Gasteiger partial charge in [0.2, 0.25) is 0 Å². The van der Waals surface area contributed by atoms with Gasteiger partial charge in [0.05, 0.1) is 5.69 Å². The fraction of sp³-hybridized carbons (Fsp3) is 0.120. The van der Waals surface area contributed by atoms with Crippen molar-refractivity contribution >= 4 is 29.2 Å². The zero-order valence-corrected chi connectivity index (χ0v) is 16.0. The molecule has 0 spiro atoms. The molecule has 1 aliphatic rings. The van der Waals surface area contributed by atoms with Gasteiger partial charge in [-0.15, -0.1) is 0 Å². The number of amides is 2. The number of hydrogen-bond donors (Lipinski definition) is 0. The van der Waals surface area contributed by atoms with Crippen LogP contribution in [0.15, 0.2) is 72.8 Å². The lowest BCUT2D eigenvalue weighted by atomic mass is 9.91. The minimum atomic E-state index is -0.294. The molecule has 3 aromatic carbocycles. The molecule has 1 heterocycles. The smallest absolute Gasteiger partial charge is 0.265 e. The van der Waals surface area contributed by atoms with E-state index in [1.165, 1.54) is 10.5 Å². The lowest BCUT2D eigenvalue weighted by molar-refractivity contribution is -0.112. The molecule has 138 valence electrons. The number of hydrogen-bond acceptors (Lipinski definition) is 2. The van der Waals surface area contributed by atoms with Crippen LogP contribution in [0.4, 0.5) is 5.69 Å². The van der Waals surface area contributed by atoms with Crippen LogP contribution in [-0.2, 0) is 11.2 Å². The Morgan fingerprint density at radius 1 is 0.786 bits per heavy atom. The molecule has 0 saturated carbocycles. The number of rotatable bonds is 3. The van der Waals surface area contributed by atoms with Crippen LogP contribution in [0.3, 0.4) is 0 Å². The summed E-state index contributed by atoms with van der Waals surface area (Å²) in [5, 5.41) is 0. The van der Waals surface area contributed by atoms with E-state index < -0.39 is 0 Å². The van der Waals surface area contributed by atoms with Crippen molar-refractivity contribution in [2.24, 2.45) is 0 Å². The number of para-hydroxylation sites is 1. The highest BCUT2D eigenvalue weighted by Gasteiger charge is 2.36. The number of aryl methyl sites for hydroxylation is 2. The monoisotopic (exact) mass is 367 g/mol. The molecular weight excluding hydrogens is 346 g/mol. The van der Waals surface area contributed by atoms with Gasteiger partial charge in [-0.25, -0.2) is 4.90 Å². The van der Waals surface area contributed by atoms with Gasteiger partial charge in [-0.05, 0) is 53.8 Å². The standard InChI is InChI=1S/C25H21NO2/c1-3-18-12-14-19(15-13-18)16-22-20-9-5-6-10-21(20)24(27)26(25(22)28)23-11-7-4-8-17(23)2/h4-16H,3H2,1-2H3/b22-16-. The van der Waals surface area contributed by atoms with E-state index in [0.29, 0.717) is 22.4 Å². The van der Waals surface area contributed by atoms with Gasteiger partial charge in [0, 0.05) is 11.1 Å². The summed E-state index contributed by atoms with van der Waals surface area (Å²) in [6.45, 7) is 4.02. The van der Waals surface area contributed by atoms with E-state index in [0.717, 1.165) is 17.5 Å². The molecule has 1 aliphatic heterocycles. The number of imide groups is 1. The third kappa shape index (κ3) is 3.05. The second-order valence-corrected chi connectivity index (χ2v) is 6.93. The molecule has 0 fully saturated rings. The molecule has 0 aliphatic carbocycles. The Balaban J connectivity index is 1.88. The molecule has 3 nitrogen and oxygen atoms in total. The molecule has 28 heavy (non-hydrogen) atoms. The van der Waals surface area contributed by atoms with E-state index in [9.17, 15) is 9.59 Å². The molecule has 4 rings (SSSR count). The maximum absolute atomic E-state index is 13.4. The van der Waals surface area contributed by atoms with Gasteiger partial charge in [-0.1, -0.05) is 67.6 Å². The number of benzene rings is 3. The number of fused-ring (bicyclic) bond motifs is 1. The fourth-order valence-corrected chi connectivity index (χ4v) is 3.54. The Labute approximate surface area is 164 Å².